The van der Waals surface area contributed by atoms with Crippen LogP contribution in [0.1, 0.15) is 5.56 Å². The average Bonchev–Trinajstić information content (AvgIpc) is 2.40. The van der Waals surface area contributed by atoms with E-state index in [9.17, 15) is 9.18 Å². The Morgan fingerprint density at radius 1 is 1.26 bits per heavy atom. The van der Waals surface area contributed by atoms with E-state index >= 15 is 0 Å². The van der Waals surface area contributed by atoms with Crippen molar-refractivity contribution >= 4 is 6.09 Å². The van der Waals surface area contributed by atoms with E-state index in [2.05, 4.69) is 9.72 Å². The minimum atomic E-state index is -1.02. The van der Waals surface area contributed by atoms with E-state index in [1.54, 1.807) is 12.1 Å². The zero-order chi connectivity index (χ0) is 13.8. The molecule has 1 aromatic heterocycles. The van der Waals surface area contributed by atoms with Crippen LogP contribution in [0.3, 0.4) is 0 Å². The number of aromatic nitrogens is 1. The molecule has 0 saturated heterocycles. The number of carbonyl (C=O) groups is 1. The lowest BCUT2D eigenvalue weighted by Crippen LogP contribution is -2.17. The van der Waals surface area contributed by atoms with Gasteiger partial charge in [0.2, 0.25) is 5.88 Å². The molecular formula is C13H8FN3O2. The van der Waals surface area contributed by atoms with Crippen molar-refractivity contribution in [1.29, 1.82) is 5.26 Å². The number of nitrogens with zero attached hydrogens (tertiary/aromatic N) is 2. The number of carbonyl (C=O) groups excluding carboxylic acids is 1. The number of amides is 1. The molecule has 2 aromatic rings. The third kappa shape index (κ3) is 2.84. The maximum Gasteiger partial charge on any atom is 0.411 e. The van der Waals surface area contributed by atoms with E-state index in [0.717, 1.165) is 6.07 Å². The zero-order valence-electron chi connectivity index (χ0n) is 9.63. The Labute approximate surface area is 108 Å². The van der Waals surface area contributed by atoms with Crippen molar-refractivity contribution < 1.29 is 13.9 Å². The van der Waals surface area contributed by atoms with Crippen molar-refractivity contribution in [2.45, 2.75) is 0 Å². The lowest BCUT2D eigenvalue weighted by Gasteiger charge is -2.05. The minimum absolute atomic E-state index is 0.0169. The van der Waals surface area contributed by atoms with Gasteiger partial charge in [0.1, 0.15) is 11.5 Å². The van der Waals surface area contributed by atoms with Gasteiger partial charge < -0.3 is 10.5 Å². The fourth-order valence-electron chi connectivity index (χ4n) is 1.49. The van der Waals surface area contributed by atoms with Crippen LogP contribution in [0.25, 0.3) is 11.3 Å². The maximum absolute atomic E-state index is 13.7. The summed E-state index contributed by atoms with van der Waals surface area (Å²) in [4.78, 5) is 14.5. The van der Waals surface area contributed by atoms with Gasteiger partial charge >= 0.3 is 6.09 Å². The number of nitrogens with two attached hydrogens (primary N) is 1. The third-order valence-corrected chi connectivity index (χ3v) is 2.31. The first-order chi connectivity index (χ1) is 9.10. The quantitative estimate of drug-likeness (QED) is 0.893. The summed E-state index contributed by atoms with van der Waals surface area (Å²) in [7, 11) is 0. The van der Waals surface area contributed by atoms with Crippen molar-refractivity contribution in [2.75, 3.05) is 0 Å². The lowest BCUT2D eigenvalue weighted by molar-refractivity contribution is 0.209. The number of pyridine rings is 1. The van der Waals surface area contributed by atoms with E-state index in [4.69, 9.17) is 11.0 Å². The number of nitriles is 1. The molecule has 0 aliphatic heterocycles. The maximum atomic E-state index is 13.7. The molecule has 0 atom stereocenters. The Balaban J connectivity index is 2.42. The molecule has 0 fully saturated rings. The van der Waals surface area contributed by atoms with Gasteiger partial charge in [0.05, 0.1) is 11.6 Å². The van der Waals surface area contributed by atoms with Crippen LogP contribution < -0.4 is 10.5 Å². The highest BCUT2D eigenvalue weighted by atomic mass is 19.1. The normalized spacial score (nSPS) is 9.68. The van der Waals surface area contributed by atoms with Crippen LogP contribution in [0.15, 0.2) is 36.4 Å². The molecule has 19 heavy (non-hydrogen) atoms. The molecule has 0 radical (unpaired) electrons. The highest BCUT2D eigenvalue weighted by molar-refractivity contribution is 5.68. The first-order valence-corrected chi connectivity index (χ1v) is 5.24. The van der Waals surface area contributed by atoms with E-state index in [-0.39, 0.29) is 11.6 Å². The van der Waals surface area contributed by atoms with Crippen LogP contribution in [0.2, 0.25) is 0 Å². The summed E-state index contributed by atoms with van der Waals surface area (Å²) in [5, 5.41) is 8.69. The standard InChI is InChI=1S/C13H8FN3O2/c14-10-5-6-11(19-13(16)18)17-12(10)9-3-1-8(7-15)2-4-9/h1-6H,(H2,16,18). The predicted molar refractivity (Wildman–Crippen MR) is 64.6 cm³/mol. The van der Waals surface area contributed by atoms with Crippen molar-refractivity contribution in [3.05, 3.63) is 47.8 Å². The predicted octanol–water partition coefficient (Wildman–Crippen LogP) is 2.22. The Morgan fingerprint density at radius 3 is 2.53 bits per heavy atom. The van der Waals surface area contributed by atoms with Crippen molar-refractivity contribution in [3.8, 4) is 23.2 Å². The monoisotopic (exact) mass is 257 g/mol. The smallest absolute Gasteiger partial charge is 0.391 e. The van der Waals surface area contributed by atoms with Gasteiger partial charge in [-0.15, -0.1) is 0 Å². The second-order valence-electron chi connectivity index (χ2n) is 3.59. The fraction of sp³-hybridized carbons (Fsp3) is 0. The Morgan fingerprint density at radius 2 is 1.95 bits per heavy atom. The first kappa shape index (κ1) is 12.5. The lowest BCUT2D eigenvalue weighted by atomic mass is 10.1. The summed E-state index contributed by atoms with van der Waals surface area (Å²) >= 11 is 0. The summed E-state index contributed by atoms with van der Waals surface area (Å²) in [6.07, 6.45) is -1.02. The number of hydrogen-bond acceptors (Lipinski definition) is 4. The molecule has 0 unspecified atom stereocenters. The molecule has 6 heteroatoms. The van der Waals surface area contributed by atoms with Gasteiger partial charge in [0, 0.05) is 11.6 Å². The second kappa shape index (κ2) is 5.14. The molecule has 2 rings (SSSR count). The molecule has 2 N–H and O–H groups in total. The number of hydrogen-bond donors (Lipinski definition) is 1. The highest BCUT2D eigenvalue weighted by Gasteiger charge is 2.10. The summed E-state index contributed by atoms with van der Waals surface area (Å²) in [6.45, 7) is 0. The summed E-state index contributed by atoms with van der Waals surface area (Å²) in [6, 6.07) is 10.5. The molecular weight excluding hydrogens is 249 g/mol. The number of primary amides is 1. The van der Waals surface area contributed by atoms with Crippen LogP contribution in [0.4, 0.5) is 9.18 Å². The van der Waals surface area contributed by atoms with Crippen molar-refractivity contribution in [2.24, 2.45) is 5.73 Å². The van der Waals surface area contributed by atoms with Gasteiger partial charge in [0.15, 0.2) is 0 Å². The van der Waals surface area contributed by atoms with Gasteiger partial charge in [-0.1, -0.05) is 12.1 Å². The van der Waals surface area contributed by atoms with Crippen LogP contribution in [0.5, 0.6) is 5.88 Å². The molecule has 0 aliphatic rings. The number of ether oxygens (including phenoxy) is 1. The van der Waals surface area contributed by atoms with Crippen LogP contribution in [0, 0.1) is 17.1 Å². The number of rotatable bonds is 2. The fourth-order valence-corrected chi connectivity index (χ4v) is 1.49. The Kier molecular flexibility index (Phi) is 3.39. The van der Waals surface area contributed by atoms with Gasteiger partial charge in [0.25, 0.3) is 0 Å². The molecule has 5 nitrogen and oxygen atoms in total. The molecule has 1 amide bonds. The SMILES string of the molecule is N#Cc1ccc(-c2nc(OC(N)=O)ccc2F)cc1. The first-order valence-electron chi connectivity index (χ1n) is 5.24. The van der Waals surface area contributed by atoms with Crippen molar-refractivity contribution in [3.63, 3.8) is 0 Å². The van der Waals surface area contributed by atoms with Crippen LogP contribution in [-0.2, 0) is 0 Å². The summed E-state index contributed by atoms with van der Waals surface area (Å²) < 4.78 is 18.3. The number of benzene rings is 1. The molecule has 0 spiro atoms. The zero-order valence-corrected chi connectivity index (χ0v) is 9.63. The van der Waals surface area contributed by atoms with E-state index < -0.39 is 11.9 Å². The van der Waals surface area contributed by atoms with Crippen molar-refractivity contribution in [1.82, 2.24) is 4.98 Å². The van der Waals surface area contributed by atoms with E-state index in [1.165, 1.54) is 18.2 Å². The second-order valence-corrected chi connectivity index (χ2v) is 3.59. The summed E-state index contributed by atoms with van der Waals surface area (Å²) in [5.41, 5.74) is 5.79. The average molecular weight is 257 g/mol. The van der Waals surface area contributed by atoms with Gasteiger partial charge in [-0.3, -0.25) is 0 Å². The van der Waals surface area contributed by atoms with Gasteiger partial charge in [-0.25, -0.2) is 14.2 Å². The van der Waals surface area contributed by atoms with Gasteiger partial charge in [-0.05, 0) is 18.2 Å². The molecule has 0 bridgehead atoms. The molecule has 1 heterocycles. The molecule has 0 saturated carbocycles. The third-order valence-electron chi connectivity index (χ3n) is 2.31. The highest BCUT2D eigenvalue weighted by Crippen LogP contribution is 2.23. The topological polar surface area (TPSA) is 89.0 Å². The minimum Gasteiger partial charge on any atom is -0.391 e. The van der Waals surface area contributed by atoms with Crippen LogP contribution in [-0.4, -0.2) is 11.1 Å². The summed E-state index contributed by atoms with van der Waals surface area (Å²) in [5.74, 6) is -0.658. The molecule has 0 aliphatic carbocycles. The number of halogens is 1. The van der Waals surface area contributed by atoms with E-state index in [1.807, 2.05) is 6.07 Å². The Hall–Kier alpha value is -2.94. The Bertz CT molecular complexity index is 663. The molecule has 94 valence electrons. The largest absolute Gasteiger partial charge is 0.411 e. The van der Waals surface area contributed by atoms with Crippen LogP contribution >= 0.6 is 0 Å². The molecule has 1 aromatic carbocycles. The van der Waals surface area contributed by atoms with Gasteiger partial charge in [-0.2, -0.15) is 5.26 Å². The van der Waals surface area contributed by atoms with E-state index in [0.29, 0.717) is 11.1 Å².